The summed E-state index contributed by atoms with van der Waals surface area (Å²) in [7, 11) is 1.41. The van der Waals surface area contributed by atoms with Crippen molar-refractivity contribution in [1.29, 1.82) is 5.26 Å². The molecule has 0 aliphatic heterocycles. The third-order valence-corrected chi connectivity index (χ3v) is 3.34. The molecule has 0 unspecified atom stereocenters. The summed E-state index contributed by atoms with van der Waals surface area (Å²) in [6.07, 6.45) is 1.12. The molecule has 0 amide bonds. The molecule has 0 aromatic heterocycles. The van der Waals surface area contributed by atoms with E-state index in [0.29, 0.717) is 11.3 Å². The molecule has 2 aromatic rings. The van der Waals surface area contributed by atoms with Crippen LogP contribution in [-0.2, 0) is 4.84 Å². The number of quaternary nitrogens is 1. The Bertz CT molecular complexity index is 775. The first-order valence-electron chi connectivity index (χ1n) is 7.32. The average molecular weight is 325 g/mol. The molecule has 2 rings (SSSR count). The van der Waals surface area contributed by atoms with Gasteiger partial charge in [-0.3, -0.25) is 0 Å². The van der Waals surface area contributed by atoms with E-state index >= 15 is 0 Å². The van der Waals surface area contributed by atoms with Crippen LogP contribution in [0, 0.1) is 11.3 Å². The van der Waals surface area contributed by atoms with E-state index in [9.17, 15) is 9.65 Å². The smallest absolute Gasteiger partial charge is 0.197 e. The second kappa shape index (κ2) is 8.63. The number of nitriles is 1. The Labute approximate surface area is 140 Å². The fourth-order valence-corrected chi connectivity index (χ4v) is 2.07. The van der Waals surface area contributed by atoms with Gasteiger partial charge in [-0.15, -0.1) is 0 Å². The average Bonchev–Trinajstić information content (AvgIpc) is 2.62. The number of allylic oxidation sites excluding steroid dienone is 3. The van der Waals surface area contributed by atoms with Gasteiger partial charge >= 0.3 is 0 Å². The molecule has 0 aliphatic carbocycles. The number of nitrogens with two attached hydrogens (primary N) is 1. The van der Waals surface area contributed by atoms with E-state index in [2.05, 4.69) is 4.84 Å². The highest BCUT2D eigenvalue weighted by atomic mass is 19.1. The molecular weight excluding hydrogens is 307 g/mol. The van der Waals surface area contributed by atoms with Crippen LogP contribution >= 0.6 is 0 Å². The molecule has 2 N–H and O–H groups in total. The highest BCUT2D eigenvalue weighted by molar-refractivity contribution is 5.74. The maximum Gasteiger partial charge on any atom is 0.197 e. The Kier molecular flexibility index (Phi) is 6.26. The summed E-state index contributed by atoms with van der Waals surface area (Å²) >= 11 is 0. The molecule has 122 valence electrons. The van der Waals surface area contributed by atoms with Crippen LogP contribution in [0.5, 0.6) is 11.5 Å². The summed E-state index contributed by atoms with van der Waals surface area (Å²) in [6.45, 7) is 1.70. The summed E-state index contributed by atoms with van der Waals surface area (Å²) in [4.78, 5) is 4.67. The SMILES string of the molecule is CO[NH2+]/C=C(F)\C(C#N)=C(/C)c1ccc(Oc2ccccc2)cc1. The Morgan fingerprint density at radius 1 is 1.08 bits per heavy atom. The Morgan fingerprint density at radius 2 is 1.71 bits per heavy atom. The van der Waals surface area contributed by atoms with Crippen LogP contribution in [0.25, 0.3) is 5.57 Å². The number of hydrogen-bond donors (Lipinski definition) is 1. The first-order chi connectivity index (χ1) is 11.7. The van der Waals surface area contributed by atoms with Crippen molar-refractivity contribution in [2.24, 2.45) is 0 Å². The van der Waals surface area contributed by atoms with Gasteiger partial charge in [0.25, 0.3) is 0 Å². The molecule has 0 radical (unpaired) electrons. The maximum atomic E-state index is 14.0. The molecule has 0 saturated carbocycles. The lowest BCUT2D eigenvalue weighted by molar-refractivity contribution is -0.843. The normalized spacial score (nSPS) is 12.3. The number of halogens is 1. The fourth-order valence-electron chi connectivity index (χ4n) is 2.07. The van der Waals surface area contributed by atoms with E-state index in [1.165, 1.54) is 12.6 Å². The molecule has 0 aliphatic rings. The number of nitrogens with zero attached hydrogens (tertiary/aromatic N) is 1. The van der Waals surface area contributed by atoms with Crippen LogP contribution in [0.2, 0.25) is 0 Å². The van der Waals surface area contributed by atoms with Gasteiger partial charge in [0.15, 0.2) is 12.0 Å². The van der Waals surface area contributed by atoms with E-state index in [1.54, 1.807) is 31.2 Å². The summed E-state index contributed by atoms with van der Waals surface area (Å²) in [5.41, 5.74) is 2.45. The van der Waals surface area contributed by atoms with Crippen molar-refractivity contribution < 1.29 is 19.4 Å². The first kappa shape index (κ1) is 17.4. The quantitative estimate of drug-likeness (QED) is 0.500. The molecule has 0 spiro atoms. The maximum absolute atomic E-state index is 14.0. The molecule has 0 saturated heterocycles. The lowest BCUT2D eigenvalue weighted by atomic mass is 10.0. The fraction of sp³-hybridized carbons (Fsp3) is 0.105. The van der Waals surface area contributed by atoms with Gasteiger partial charge in [-0.25, -0.2) is 4.84 Å². The minimum Gasteiger partial charge on any atom is -0.457 e. The lowest BCUT2D eigenvalue weighted by Gasteiger charge is -2.08. The zero-order chi connectivity index (χ0) is 17.4. The topological polar surface area (TPSA) is 58.9 Å². The number of hydroxylamine groups is 1. The zero-order valence-corrected chi connectivity index (χ0v) is 13.5. The summed E-state index contributed by atoms with van der Waals surface area (Å²) in [5.74, 6) is 0.765. The molecule has 4 nitrogen and oxygen atoms in total. The third-order valence-electron chi connectivity index (χ3n) is 3.34. The predicted octanol–water partition coefficient (Wildman–Crippen LogP) is 3.71. The minimum absolute atomic E-state index is 0.0278. The molecule has 24 heavy (non-hydrogen) atoms. The van der Waals surface area contributed by atoms with Gasteiger partial charge in [0.2, 0.25) is 0 Å². The van der Waals surface area contributed by atoms with Crippen LogP contribution in [0.1, 0.15) is 12.5 Å². The van der Waals surface area contributed by atoms with E-state index in [4.69, 9.17) is 4.74 Å². The Balaban J connectivity index is 2.22. The van der Waals surface area contributed by atoms with E-state index in [-0.39, 0.29) is 5.57 Å². The number of ether oxygens (including phenoxy) is 1. The first-order valence-corrected chi connectivity index (χ1v) is 7.32. The van der Waals surface area contributed by atoms with Gasteiger partial charge in [0.1, 0.15) is 17.6 Å². The number of benzene rings is 2. The molecule has 0 bridgehead atoms. The van der Waals surface area contributed by atoms with E-state index < -0.39 is 5.83 Å². The van der Waals surface area contributed by atoms with Crippen molar-refractivity contribution in [2.75, 3.05) is 7.11 Å². The third kappa shape index (κ3) is 4.53. The molecular formula is C19H18FN2O2+. The van der Waals surface area contributed by atoms with Gasteiger partial charge in [0, 0.05) is 0 Å². The second-order valence-corrected chi connectivity index (χ2v) is 4.94. The van der Waals surface area contributed by atoms with E-state index in [1.807, 2.05) is 36.4 Å². The van der Waals surface area contributed by atoms with Crippen LogP contribution in [0.15, 0.2) is 72.2 Å². The lowest BCUT2D eigenvalue weighted by Crippen LogP contribution is -2.76. The van der Waals surface area contributed by atoms with E-state index in [0.717, 1.165) is 17.5 Å². The van der Waals surface area contributed by atoms with Crippen molar-refractivity contribution in [3.63, 3.8) is 0 Å². The van der Waals surface area contributed by atoms with Crippen LogP contribution in [0.3, 0.4) is 0 Å². The van der Waals surface area contributed by atoms with Crippen molar-refractivity contribution in [1.82, 2.24) is 0 Å². The van der Waals surface area contributed by atoms with Crippen LogP contribution in [-0.4, -0.2) is 7.11 Å². The molecule has 0 fully saturated rings. The standard InChI is InChI=1S/C19H17FN2O2/c1-14(18(12-21)19(20)13-22-23-2)15-8-10-17(11-9-15)24-16-6-4-3-5-7-16/h3-11,13,22H,1-2H3/p+1/b18-14+,19-13+. The Morgan fingerprint density at radius 3 is 2.29 bits per heavy atom. The van der Waals surface area contributed by atoms with Gasteiger partial charge < -0.3 is 4.74 Å². The summed E-state index contributed by atoms with van der Waals surface area (Å²) in [6, 6.07) is 18.5. The van der Waals surface area contributed by atoms with Crippen LogP contribution in [0.4, 0.5) is 4.39 Å². The number of rotatable bonds is 6. The molecule has 0 atom stereocenters. The summed E-state index contributed by atoms with van der Waals surface area (Å²) < 4.78 is 19.7. The number of hydrogen-bond acceptors (Lipinski definition) is 3. The van der Waals surface area contributed by atoms with Crippen molar-refractivity contribution in [3.05, 3.63) is 77.8 Å². The van der Waals surface area contributed by atoms with Crippen molar-refractivity contribution >= 4 is 5.57 Å². The van der Waals surface area contributed by atoms with Gasteiger partial charge in [-0.1, -0.05) is 30.3 Å². The largest absolute Gasteiger partial charge is 0.457 e. The van der Waals surface area contributed by atoms with Gasteiger partial charge in [0.05, 0.1) is 12.7 Å². The van der Waals surface area contributed by atoms with Crippen LogP contribution < -0.4 is 10.2 Å². The summed E-state index contributed by atoms with van der Waals surface area (Å²) in [5, 5.41) is 9.21. The molecule has 0 heterocycles. The second-order valence-electron chi connectivity index (χ2n) is 4.94. The van der Waals surface area contributed by atoms with Gasteiger partial charge in [-0.2, -0.15) is 15.1 Å². The molecule has 2 aromatic carbocycles. The molecule has 5 heteroatoms. The highest BCUT2D eigenvalue weighted by Crippen LogP contribution is 2.27. The van der Waals surface area contributed by atoms with Crippen molar-refractivity contribution in [3.8, 4) is 17.6 Å². The zero-order valence-electron chi connectivity index (χ0n) is 13.5. The van der Waals surface area contributed by atoms with Crippen molar-refractivity contribution in [2.45, 2.75) is 6.92 Å². The predicted molar refractivity (Wildman–Crippen MR) is 89.3 cm³/mol. The van der Waals surface area contributed by atoms with Gasteiger partial charge in [-0.05, 0) is 42.3 Å². The highest BCUT2D eigenvalue weighted by Gasteiger charge is 2.12. The minimum atomic E-state index is -0.638. The number of para-hydroxylation sites is 1. The monoisotopic (exact) mass is 325 g/mol. The Hall–Kier alpha value is -2.94.